The van der Waals surface area contributed by atoms with E-state index in [9.17, 15) is 0 Å². The largest absolute Gasteiger partial charge is 0.370 e. The smallest absolute Gasteiger partial charge is 0.134 e. The summed E-state index contributed by atoms with van der Waals surface area (Å²) in [7, 11) is 0. The van der Waals surface area contributed by atoms with E-state index < -0.39 is 0 Å². The lowest BCUT2D eigenvalue weighted by Crippen LogP contribution is -2.16. The Morgan fingerprint density at radius 2 is 1.78 bits per heavy atom. The summed E-state index contributed by atoms with van der Waals surface area (Å²) in [5, 5.41) is 6.77. The van der Waals surface area contributed by atoms with E-state index in [2.05, 4.69) is 41.4 Å². The summed E-state index contributed by atoms with van der Waals surface area (Å²) in [4.78, 5) is 8.94. The minimum atomic E-state index is 0.738. The summed E-state index contributed by atoms with van der Waals surface area (Å²) in [6, 6.07) is 0. The predicted octanol–water partition coefficient (Wildman–Crippen LogP) is 2.98. The first-order valence-corrected chi connectivity index (χ1v) is 6.94. The molecule has 1 saturated carbocycles. The molecule has 0 aromatic carbocycles. The zero-order chi connectivity index (χ0) is 13.1. The summed E-state index contributed by atoms with van der Waals surface area (Å²) in [5.74, 6) is 4.41. The lowest BCUT2D eigenvalue weighted by Gasteiger charge is -2.16. The Morgan fingerprint density at radius 3 is 2.33 bits per heavy atom. The van der Waals surface area contributed by atoms with Crippen LogP contribution in [0.5, 0.6) is 0 Å². The zero-order valence-corrected chi connectivity index (χ0v) is 11.9. The highest BCUT2D eigenvalue weighted by Gasteiger charge is 2.27. The van der Waals surface area contributed by atoms with Crippen LogP contribution in [-0.4, -0.2) is 23.1 Å². The average molecular weight is 248 g/mol. The molecule has 0 spiro atoms. The van der Waals surface area contributed by atoms with Gasteiger partial charge in [-0.2, -0.15) is 0 Å². The normalized spacial score (nSPS) is 16.4. The predicted molar refractivity (Wildman–Crippen MR) is 76.0 cm³/mol. The second kappa shape index (κ2) is 5.55. The summed E-state index contributed by atoms with van der Waals surface area (Å²) < 4.78 is 0. The van der Waals surface area contributed by atoms with Gasteiger partial charge in [0.1, 0.15) is 17.5 Å². The van der Waals surface area contributed by atoms with Gasteiger partial charge in [0.25, 0.3) is 0 Å². The number of hydrogen-bond donors (Lipinski definition) is 2. The van der Waals surface area contributed by atoms with Crippen LogP contribution in [0, 0.1) is 25.7 Å². The molecule has 1 aromatic heterocycles. The third kappa shape index (κ3) is 3.12. The Bertz CT molecular complexity index is 413. The van der Waals surface area contributed by atoms with Gasteiger partial charge in [-0.25, -0.2) is 9.97 Å². The van der Waals surface area contributed by atoms with E-state index in [1.165, 1.54) is 12.8 Å². The van der Waals surface area contributed by atoms with Gasteiger partial charge in [0, 0.05) is 18.7 Å². The third-order valence-electron chi connectivity index (χ3n) is 3.62. The summed E-state index contributed by atoms with van der Waals surface area (Å²) in [6.45, 7) is 10.3. The van der Waals surface area contributed by atoms with E-state index in [1.807, 2.05) is 6.92 Å². The molecule has 4 heteroatoms. The number of anilines is 2. The number of hydrogen-bond acceptors (Lipinski definition) is 4. The van der Waals surface area contributed by atoms with Crippen LogP contribution in [0.15, 0.2) is 0 Å². The van der Waals surface area contributed by atoms with Crippen molar-refractivity contribution in [2.75, 3.05) is 23.7 Å². The molecule has 0 aliphatic heterocycles. The minimum Gasteiger partial charge on any atom is -0.370 e. The van der Waals surface area contributed by atoms with Crippen molar-refractivity contribution >= 4 is 11.6 Å². The van der Waals surface area contributed by atoms with Gasteiger partial charge in [-0.1, -0.05) is 6.92 Å². The van der Waals surface area contributed by atoms with Gasteiger partial charge in [0.15, 0.2) is 0 Å². The molecule has 0 bridgehead atoms. The molecule has 0 radical (unpaired) electrons. The topological polar surface area (TPSA) is 49.8 Å². The molecule has 1 unspecified atom stereocenters. The fraction of sp³-hybridized carbons (Fsp3) is 0.714. The van der Waals surface area contributed by atoms with E-state index in [4.69, 9.17) is 0 Å². The highest BCUT2D eigenvalue weighted by atomic mass is 15.1. The molecule has 4 nitrogen and oxygen atoms in total. The van der Waals surface area contributed by atoms with Gasteiger partial charge >= 0.3 is 0 Å². The van der Waals surface area contributed by atoms with Crippen molar-refractivity contribution in [3.8, 4) is 0 Å². The van der Waals surface area contributed by atoms with Crippen molar-refractivity contribution in [2.24, 2.45) is 11.8 Å². The van der Waals surface area contributed by atoms with Gasteiger partial charge in [0.2, 0.25) is 0 Å². The van der Waals surface area contributed by atoms with E-state index in [-0.39, 0.29) is 0 Å². The number of aryl methyl sites for hydroxylation is 1. The zero-order valence-electron chi connectivity index (χ0n) is 11.9. The molecule has 1 fully saturated rings. The van der Waals surface area contributed by atoms with Crippen molar-refractivity contribution in [3.63, 3.8) is 0 Å². The van der Waals surface area contributed by atoms with Crippen LogP contribution in [0.3, 0.4) is 0 Å². The summed E-state index contributed by atoms with van der Waals surface area (Å²) in [6.07, 6.45) is 2.79. The molecular weight excluding hydrogens is 224 g/mol. The lowest BCUT2D eigenvalue weighted by atomic mass is 10.1. The number of nitrogens with zero attached hydrogens (tertiary/aromatic N) is 2. The molecule has 1 atom stereocenters. The number of nitrogens with one attached hydrogen (secondary N) is 2. The quantitative estimate of drug-likeness (QED) is 0.812. The maximum atomic E-state index is 4.51. The molecule has 1 aromatic rings. The van der Waals surface area contributed by atoms with Crippen molar-refractivity contribution in [2.45, 2.75) is 40.5 Å². The molecule has 2 rings (SSSR count). The fourth-order valence-electron chi connectivity index (χ4n) is 2.23. The molecule has 0 amide bonds. The van der Waals surface area contributed by atoms with Gasteiger partial charge in [-0.15, -0.1) is 0 Å². The third-order valence-corrected chi connectivity index (χ3v) is 3.62. The maximum absolute atomic E-state index is 4.51. The van der Waals surface area contributed by atoms with Gasteiger partial charge in [-0.05, 0) is 45.4 Å². The second-order valence-electron chi connectivity index (χ2n) is 5.32. The van der Waals surface area contributed by atoms with Gasteiger partial charge in [-0.3, -0.25) is 0 Å². The Kier molecular flexibility index (Phi) is 4.04. The molecule has 18 heavy (non-hydrogen) atoms. The van der Waals surface area contributed by atoms with Crippen molar-refractivity contribution < 1.29 is 0 Å². The molecule has 1 heterocycles. The summed E-state index contributed by atoms with van der Waals surface area (Å²) >= 11 is 0. The maximum Gasteiger partial charge on any atom is 0.134 e. The van der Waals surface area contributed by atoms with Gasteiger partial charge < -0.3 is 10.6 Å². The monoisotopic (exact) mass is 248 g/mol. The fourth-order valence-corrected chi connectivity index (χ4v) is 2.23. The van der Waals surface area contributed by atoms with Crippen LogP contribution in [0.2, 0.25) is 0 Å². The average Bonchev–Trinajstić information content (AvgIpc) is 3.15. The van der Waals surface area contributed by atoms with Gasteiger partial charge in [0.05, 0.1) is 0 Å². The first-order chi connectivity index (χ1) is 8.61. The van der Waals surface area contributed by atoms with Crippen LogP contribution in [0.25, 0.3) is 0 Å². The van der Waals surface area contributed by atoms with Crippen LogP contribution >= 0.6 is 0 Å². The van der Waals surface area contributed by atoms with E-state index >= 15 is 0 Å². The molecule has 1 aliphatic carbocycles. The highest BCUT2D eigenvalue weighted by Crippen LogP contribution is 2.36. The van der Waals surface area contributed by atoms with Crippen molar-refractivity contribution in [1.29, 1.82) is 0 Å². The lowest BCUT2D eigenvalue weighted by molar-refractivity contribution is 0.535. The standard InChI is InChI=1S/C14H24N4/c1-5-15-13-10(3)14(18-11(4)17-13)16-8-9(2)12-6-7-12/h9,12H,5-8H2,1-4H3,(H2,15,16,17,18). The Labute approximate surface area is 110 Å². The second-order valence-corrected chi connectivity index (χ2v) is 5.32. The van der Waals surface area contributed by atoms with E-state index in [0.717, 1.165) is 47.9 Å². The molecule has 1 aliphatic rings. The SMILES string of the molecule is CCNc1nc(C)nc(NCC(C)C2CC2)c1C. The van der Waals surface area contributed by atoms with Crippen LogP contribution in [-0.2, 0) is 0 Å². The van der Waals surface area contributed by atoms with Crippen LogP contribution in [0.1, 0.15) is 38.1 Å². The Hall–Kier alpha value is -1.32. The summed E-state index contributed by atoms with van der Waals surface area (Å²) in [5.41, 5.74) is 1.12. The molecule has 2 N–H and O–H groups in total. The van der Waals surface area contributed by atoms with Crippen molar-refractivity contribution in [3.05, 3.63) is 11.4 Å². The molecule has 100 valence electrons. The number of aromatic nitrogens is 2. The molecule has 0 saturated heterocycles. The van der Waals surface area contributed by atoms with E-state index in [1.54, 1.807) is 0 Å². The van der Waals surface area contributed by atoms with Crippen molar-refractivity contribution in [1.82, 2.24) is 9.97 Å². The Morgan fingerprint density at radius 1 is 1.17 bits per heavy atom. The first kappa shape index (κ1) is 13.1. The number of rotatable bonds is 6. The van der Waals surface area contributed by atoms with E-state index in [0.29, 0.717) is 0 Å². The van der Waals surface area contributed by atoms with Crippen LogP contribution < -0.4 is 10.6 Å². The van der Waals surface area contributed by atoms with Crippen LogP contribution in [0.4, 0.5) is 11.6 Å². The molecular formula is C14H24N4. The Balaban J connectivity index is 2.05. The highest BCUT2D eigenvalue weighted by molar-refractivity contribution is 5.57. The minimum absolute atomic E-state index is 0.738. The first-order valence-electron chi connectivity index (χ1n) is 6.94.